The van der Waals surface area contributed by atoms with Crippen LogP contribution in [-0.2, 0) is 14.4 Å². The van der Waals surface area contributed by atoms with Crippen molar-refractivity contribution in [2.24, 2.45) is 10.8 Å². The normalized spacial score (nSPS) is 26.4. The number of aliphatic carboxylic acids is 1. The molecule has 128 valence electrons. The highest BCUT2D eigenvalue weighted by Crippen LogP contribution is 2.47. The lowest BCUT2D eigenvalue weighted by molar-refractivity contribution is -0.156. The molecule has 3 fully saturated rings. The van der Waals surface area contributed by atoms with Gasteiger partial charge >= 0.3 is 5.97 Å². The first-order valence-electron chi connectivity index (χ1n) is 9.03. The number of hydrogen-bond donors (Lipinski definition) is 1. The van der Waals surface area contributed by atoms with Gasteiger partial charge in [0.1, 0.15) is 0 Å². The Kier molecular flexibility index (Phi) is 4.47. The van der Waals surface area contributed by atoms with Gasteiger partial charge in [-0.05, 0) is 31.1 Å². The minimum atomic E-state index is -0.931. The molecule has 1 aliphatic heterocycles. The highest BCUT2D eigenvalue weighted by molar-refractivity contribution is 6.01. The number of rotatable bonds is 3. The number of carboxylic acid groups (broad SMARTS) is 1. The maximum Gasteiger partial charge on any atom is 0.304 e. The van der Waals surface area contributed by atoms with Gasteiger partial charge in [0.25, 0.3) is 0 Å². The topological polar surface area (TPSA) is 74.7 Å². The molecule has 23 heavy (non-hydrogen) atoms. The summed E-state index contributed by atoms with van der Waals surface area (Å²) in [5.41, 5.74) is -0.871. The first-order chi connectivity index (χ1) is 11.0. The summed E-state index contributed by atoms with van der Waals surface area (Å²) in [5.74, 6) is -1.21. The molecule has 0 aromatic heterocycles. The van der Waals surface area contributed by atoms with Crippen LogP contribution >= 0.6 is 0 Å². The molecule has 1 heterocycles. The number of hydrogen-bond acceptors (Lipinski definition) is 3. The van der Waals surface area contributed by atoms with Gasteiger partial charge < -0.3 is 5.11 Å². The zero-order chi connectivity index (χ0) is 16.5. The van der Waals surface area contributed by atoms with E-state index in [1.165, 1.54) is 11.3 Å². The van der Waals surface area contributed by atoms with Gasteiger partial charge in [0, 0.05) is 13.0 Å². The van der Waals surface area contributed by atoms with Crippen LogP contribution < -0.4 is 0 Å². The summed E-state index contributed by atoms with van der Waals surface area (Å²) in [7, 11) is 0. The van der Waals surface area contributed by atoms with Crippen molar-refractivity contribution < 1.29 is 19.5 Å². The average Bonchev–Trinajstić information content (AvgIpc) is 2.83. The van der Waals surface area contributed by atoms with E-state index >= 15 is 0 Å². The molecule has 0 bridgehead atoms. The highest BCUT2D eigenvalue weighted by atomic mass is 16.4. The van der Waals surface area contributed by atoms with Crippen molar-refractivity contribution >= 4 is 17.8 Å². The molecule has 2 amide bonds. The fraction of sp³-hybridized carbons (Fsp3) is 0.833. The lowest BCUT2D eigenvalue weighted by atomic mass is 9.70. The van der Waals surface area contributed by atoms with Crippen molar-refractivity contribution in [2.75, 3.05) is 6.54 Å². The fourth-order valence-corrected chi connectivity index (χ4v) is 4.99. The molecule has 0 radical (unpaired) electrons. The zero-order valence-corrected chi connectivity index (χ0v) is 13.8. The molecule has 0 aromatic rings. The molecule has 5 nitrogen and oxygen atoms in total. The monoisotopic (exact) mass is 321 g/mol. The predicted octanol–water partition coefficient (Wildman–Crippen LogP) is 3.12. The van der Waals surface area contributed by atoms with Crippen LogP contribution in [-0.4, -0.2) is 34.3 Å². The van der Waals surface area contributed by atoms with E-state index in [1.807, 2.05) is 0 Å². The van der Waals surface area contributed by atoms with Crippen LogP contribution in [0.25, 0.3) is 0 Å². The minimum absolute atomic E-state index is 0.0237. The van der Waals surface area contributed by atoms with Gasteiger partial charge in [0.15, 0.2) is 0 Å². The maximum atomic E-state index is 13.1. The third kappa shape index (κ3) is 3.15. The Labute approximate surface area is 137 Å². The highest BCUT2D eigenvalue weighted by Gasteiger charge is 2.51. The van der Waals surface area contributed by atoms with E-state index in [-0.39, 0.29) is 23.7 Å². The molecule has 2 aliphatic carbocycles. The van der Waals surface area contributed by atoms with Crippen molar-refractivity contribution in [3.63, 3.8) is 0 Å². The second-order valence-electron chi connectivity index (χ2n) is 7.93. The first kappa shape index (κ1) is 16.5. The summed E-state index contributed by atoms with van der Waals surface area (Å²) in [6, 6.07) is 0. The number of imide groups is 1. The van der Waals surface area contributed by atoms with Gasteiger partial charge in [-0.2, -0.15) is 0 Å². The molecular formula is C18H27NO4. The number of amides is 2. The van der Waals surface area contributed by atoms with Crippen LogP contribution in [0.1, 0.15) is 77.0 Å². The molecule has 3 rings (SSSR count). The Morgan fingerprint density at radius 1 is 0.957 bits per heavy atom. The Bertz CT molecular complexity index is 501. The lowest BCUT2D eigenvalue weighted by Gasteiger charge is -2.38. The standard InChI is InChI=1S/C18H27NO4/c20-14-11-17(7-3-1-4-8-17)13-19(14)16(23)18(12-15(21)22)9-5-2-6-10-18/h1-13H2,(H,21,22). The van der Waals surface area contributed by atoms with Crippen LogP contribution in [0.3, 0.4) is 0 Å². The Balaban J connectivity index is 1.79. The summed E-state index contributed by atoms with van der Waals surface area (Å²) in [6.07, 6.45) is 9.89. The SMILES string of the molecule is O=C(O)CC1(C(=O)N2CC3(CCCCC3)CC2=O)CCCCC1. The molecule has 0 aromatic carbocycles. The second-order valence-corrected chi connectivity index (χ2v) is 7.93. The van der Waals surface area contributed by atoms with E-state index in [9.17, 15) is 19.5 Å². The molecule has 1 saturated heterocycles. The Morgan fingerprint density at radius 3 is 2.09 bits per heavy atom. The fourth-order valence-electron chi connectivity index (χ4n) is 4.99. The van der Waals surface area contributed by atoms with E-state index < -0.39 is 11.4 Å². The van der Waals surface area contributed by atoms with Crippen molar-refractivity contribution in [3.05, 3.63) is 0 Å². The van der Waals surface area contributed by atoms with E-state index in [0.29, 0.717) is 25.8 Å². The van der Waals surface area contributed by atoms with E-state index in [0.717, 1.165) is 44.9 Å². The molecule has 2 saturated carbocycles. The summed E-state index contributed by atoms with van der Waals surface area (Å²) < 4.78 is 0. The molecular weight excluding hydrogens is 294 g/mol. The molecule has 5 heteroatoms. The smallest absolute Gasteiger partial charge is 0.304 e. The Hall–Kier alpha value is -1.39. The minimum Gasteiger partial charge on any atom is -0.481 e. The third-order valence-electron chi connectivity index (χ3n) is 6.23. The van der Waals surface area contributed by atoms with Gasteiger partial charge in [-0.3, -0.25) is 19.3 Å². The first-order valence-corrected chi connectivity index (χ1v) is 9.03. The largest absolute Gasteiger partial charge is 0.481 e. The Morgan fingerprint density at radius 2 is 1.52 bits per heavy atom. The molecule has 1 spiro atoms. The number of carbonyl (C=O) groups excluding carboxylic acids is 2. The van der Waals surface area contributed by atoms with Gasteiger partial charge in [0.05, 0.1) is 11.8 Å². The van der Waals surface area contributed by atoms with Crippen molar-refractivity contribution in [1.29, 1.82) is 0 Å². The summed E-state index contributed by atoms with van der Waals surface area (Å²) in [5, 5.41) is 9.28. The van der Waals surface area contributed by atoms with Crippen LogP contribution in [0.5, 0.6) is 0 Å². The number of nitrogens with zero attached hydrogens (tertiary/aromatic N) is 1. The maximum absolute atomic E-state index is 13.1. The zero-order valence-electron chi connectivity index (χ0n) is 13.8. The summed E-state index contributed by atoms with van der Waals surface area (Å²) >= 11 is 0. The quantitative estimate of drug-likeness (QED) is 0.810. The van der Waals surface area contributed by atoms with Crippen LogP contribution in [0, 0.1) is 10.8 Å². The van der Waals surface area contributed by atoms with Crippen LogP contribution in [0.2, 0.25) is 0 Å². The van der Waals surface area contributed by atoms with Crippen LogP contribution in [0.15, 0.2) is 0 Å². The molecule has 1 N–H and O–H groups in total. The van der Waals surface area contributed by atoms with Crippen LogP contribution in [0.4, 0.5) is 0 Å². The molecule has 3 aliphatic rings. The third-order valence-corrected chi connectivity index (χ3v) is 6.23. The number of carboxylic acids is 1. The van der Waals surface area contributed by atoms with Gasteiger partial charge in [-0.25, -0.2) is 0 Å². The molecule has 0 unspecified atom stereocenters. The number of carbonyl (C=O) groups is 3. The molecule has 0 atom stereocenters. The average molecular weight is 321 g/mol. The lowest BCUT2D eigenvalue weighted by Crippen LogP contribution is -2.47. The van der Waals surface area contributed by atoms with E-state index in [4.69, 9.17) is 0 Å². The van der Waals surface area contributed by atoms with E-state index in [2.05, 4.69) is 0 Å². The number of likely N-dealkylation sites (tertiary alicyclic amines) is 1. The van der Waals surface area contributed by atoms with Crippen molar-refractivity contribution in [2.45, 2.75) is 77.0 Å². The second kappa shape index (κ2) is 6.25. The summed E-state index contributed by atoms with van der Waals surface area (Å²) in [6.45, 7) is 0.520. The van der Waals surface area contributed by atoms with Gasteiger partial charge in [-0.1, -0.05) is 38.5 Å². The predicted molar refractivity (Wildman–Crippen MR) is 84.6 cm³/mol. The van der Waals surface area contributed by atoms with Gasteiger partial charge in [-0.15, -0.1) is 0 Å². The van der Waals surface area contributed by atoms with Crippen molar-refractivity contribution in [3.8, 4) is 0 Å². The van der Waals surface area contributed by atoms with Gasteiger partial charge in [0.2, 0.25) is 11.8 Å². The van der Waals surface area contributed by atoms with Crippen molar-refractivity contribution in [1.82, 2.24) is 4.90 Å². The summed E-state index contributed by atoms with van der Waals surface area (Å²) in [4.78, 5) is 38.4. The van der Waals surface area contributed by atoms with E-state index in [1.54, 1.807) is 0 Å².